The number of nitrogens with zero attached hydrogens (tertiary/aromatic N) is 4. The summed E-state index contributed by atoms with van der Waals surface area (Å²) in [5, 5.41) is 8.94. The first-order chi connectivity index (χ1) is 6.90. The molecule has 2 rings (SSSR count). The lowest BCUT2D eigenvalue weighted by Gasteiger charge is -2.33. The summed E-state index contributed by atoms with van der Waals surface area (Å²) in [5.41, 5.74) is 1.78. The molecule has 1 aromatic rings. The summed E-state index contributed by atoms with van der Waals surface area (Å²) in [6, 6.07) is 0. The number of hydrogen-bond donors (Lipinski definition) is 0. The highest BCUT2D eigenvalue weighted by Crippen LogP contribution is 2.17. The molecule has 1 aliphatic rings. The van der Waals surface area contributed by atoms with Crippen molar-refractivity contribution in [3.8, 4) is 0 Å². The van der Waals surface area contributed by atoms with E-state index in [0.717, 1.165) is 43.7 Å². The van der Waals surface area contributed by atoms with E-state index < -0.39 is 0 Å². The minimum atomic E-state index is 0.721. The molecule has 0 unspecified atom stereocenters. The topological polar surface area (TPSA) is 32.3 Å². The zero-order chi connectivity index (χ0) is 9.80. The second kappa shape index (κ2) is 4.91. The fourth-order valence-corrected chi connectivity index (χ4v) is 2.44. The molecule has 0 spiro atoms. The van der Waals surface area contributed by atoms with Crippen LogP contribution in [0, 0.1) is 0 Å². The van der Waals surface area contributed by atoms with E-state index in [9.17, 15) is 0 Å². The summed E-state index contributed by atoms with van der Waals surface area (Å²) in [6.07, 6.45) is 0. The van der Waals surface area contributed by atoms with E-state index >= 15 is 0 Å². The van der Waals surface area contributed by atoms with Crippen LogP contribution in [0.3, 0.4) is 0 Å². The van der Waals surface area contributed by atoms with Crippen LogP contribution in [0.4, 0.5) is 5.13 Å². The van der Waals surface area contributed by atoms with Crippen LogP contribution in [-0.2, 0) is 0 Å². The van der Waals surface area contributed by atoms with Crippen LogP contribution in [0.2, 0.25) is 0 Å². The Hall–Kier alpha value is -0.390. The van der Waals surface area contributed by atoms with Gasteiger partial charge in [0.1, 0.15) is 5.51 Å². The number of hydrogen-bond acceptors (Lipinski definition) is 5. The summed E-state index contributed by atoms with van der Waals surface area (Å²) < 4.78 is 0. The molecule has 0 radical (unpaired) electrons. The Balaban J connectivity index is 1.84. The van der Waals surface area contributed by atoms with Gasteiger partial charge in [0.2, 0.25) is 5.13 Å². The summed E-state index contributed by atoms with van der Waals surface area (Å²) in [5.74, 6) is 0.721. The van der Waals surface area contributed by atoms with E-state index in [1.165, 1.54) is 0 Å². The smallest absolute Gasteiger partial charge is 0.208 e. The molecule has 2 heterocycles. The van der Waals surface area contributed by atoms with Crippen molar-refractivity contribution in [1.29, 1.82) is 0 Å². The summed E-state index contributed by atoms with van der Waals surface area (Å²) >= 11 is 7.30. The summed E-state index contributed by atoms with van der Waals surface area (Å²) in [6.45, 7) is 5.21. The fourth-order valence-electron chi connectivity index (χ4n) is 1.59. The normalized spacial score (nSPS) is 18.8. The minimum absolute atomic E-state index is 0.721. The Morgan fingerprint density at radius 3 is 2.71 bits per heavy atom. The van der Waals surface area contributed by atoms with E-state index in [4.69, 9.17) is 11.6 Å². The lowest BCUT2D eigenvalue weighted by Crippen LogP contribution is -2.46. The van der Waals surface area contributed by atoms with Crippen LogP contribution >= 0.6 is 22.9 Å². The van der Waals surface area contributed by atoms with Crippen LogP contribution in [0.15, 0.2) is 5.51 Å². The first-order valence-electron chi connectivity index (χ1n) is 4.69. The maximum Gasteiger partial charge on any atom is 0.208 e. The minimum Gasteiger partial charge on any atom is -0.344 e. The van der Waals surface area contributed by atoms with Crippen molar-refractivity contribution in [1.82, 2.24) is 15.1 Å². The van der Waals surface area contributed by atoms with Gasteiger partial charge in [0, 0.05) is 38.6 Å². The molecule has 0 amide bonds. The van der Waals surface area contributed by atoms with Crippen molar-refractivity contribution in [3.63, 3.8) is 0 Å². The Bertz CT molecular complexity index is 258. The predicted octanol–water partition coefficient (Wildman–Crippen LogP) is 0.899. The number of alkyl halides is 1. The molecule has 0 bridgehead atoms. The van der Waals surface area contributed by atoms with Crippen LogP contribution in [0.25, 0.3) is 0 Å². The third kappa shape index (κ3) is 2.34. The zero-order valence-corrected chi connectivity index (χ0v) is 9.47. The maximum atomic E-state index is 5.70. The largest absolute Gasteiger partial charge is 0.344 e. The highest BCUT2D eigenvalue weighted by atomic mass is 35.5. The molecule has 0 N–H and O–H groups in total. The third-order valence-electron chi connectivity index (χ3n) is 2.39. The van der Waals surface area contributed by atoms with Gasteiger partial charge in [-0.1, -0.05) is 11.3 Å². The number of aromatic nitrogens is 2. The van der Waals surface area contributed by atoms with Gasteiger partial charge in [-0.2, -0.15) is 0 Å². The SMILES string of the molecule is ClCCN1CCN(c2nncs2)CC1. The van der Waals surface area contributed by atoms with Gasteiger partial charge >= 0.3 is 0 Å². The molecule has 1 saturated heterocycles. The van der Waals surface area contributed by atoms with Gasteiger partial charge in [0.05, 0.1) is 0 Å². The lowest BCUT2D eigenvalue weighted by molar-refractivity contribution is 0.272. The number of halogens is 1. The molecule has 1 aliphatic heterocycles. The average Bonchev–Trinajstić information content (AvgIpc) is 2.72. The van der Waals surface area contributed by atoms with E-state index in [2.05, 4.69) is 20.0 Å². The van der Waals surface area contributed by atoms with Gasteiger partial charge in [0.15, 0.2) is 0 Å². The first-order valence-corrected chi connectivity index (χ1v) is 6.11. The van der Waals surface area contributed by atoms with Crippen LogP contribution in [0.5, 0.6) is 0 Å². The van der Waals surface area contributed by atoms with Crippen LogP contribution in [-0.4, -0.2) is 53.7 Å². The molecule has 14 heavy (non-hydrogen) atoms. The van der Waals surface area contributed by atoms with Crippen LogP contribution < -0.4 is 4.90 Å². The quantitative estimate of drug-likeness (QED) is 0.725. The van der Waals surface area contributed by atoms with Gasteiger partial charge in [-0.25, -0.2) is 0 Å². The number of anilines is 1. The second-order valence-corrected chi connectivity index (χ2v) is 4.43. The average molecular weight is 233 g/mol. The molecule has 0 atom stereocenters. The van der Waals surface area contributed by atoms with Gasteiger partial charge < -0.3 is 4.90 Å². The van der Waals surface area contributed by atoms with Crippen molar-refractivity contribution in [2.75, 3.05) is 43.5 Å². The third-order valence-corrected chi connectivity index (χ3v) is 3.31. The summed E-state index contributed by atoms with van der Waals surface area (Å²) in [7, 11) is 0. The van der Waals surface area contributed by atoms with Crippen LogP contribution in [0.1, 0.15) is 0 Å². The maximum absolute atomic E-state index is 5.70. The Labute approximate surface area is 92.5 Å². The van der Waals surface area contributed by atoms with Gasteiger partial charge in [-0.05, 0) is 0 Å². The van der Waals surface area contributed by atoms with Gasteiger partial charge in [-0.3, -0.25) is 4.90 Å². The van der Waals surface area contributed by atoms with Gasteiger partial charge in [0.25, 0.3) is 0 Å². The molecule has 0 saturated carbocycles. The van der Waals surface area contributed by atoms with Crippen molar-refractivity contribution in [3.05, 3.63) is 5.51 Å². The second-order valence-electron chi connectivity index (χ2n) is 3.24. The van der Waals surface area contributed by atoms with Crippen molar-refractivity contribution < 1.29 is 0 Å². The standard InChI is InChI=1S/C8H13ClN4S/c9-1-2-12-3-5-13(6-4-12)8-11-10-7-14-8/h7H,1-6H2. The Morgan fingerprint density at radius 1 is 1.36 bits per heavy atom. The molecule has 1 aromatic heterocycles. The monoisotopic (exact) mass is 232 g/mol. The first kappa shape index (κ1) is 10.1. The van der Waals surface area contributed by atoms with E-state index in [1.54, 1.807) is 16.8 Å². The Morgan fingerprint density at radius 2 is 2.14 bits per heavy atom. The molecule has 4 nitrogen and oxygen atoms in total. The highest BCUT2D eigenvalue weighted by Gasteiger charge is 2.18. The van der Waals surface area contributed by atoms with Crippen molar-refractivity contribution >= 4 is 28.1 Å². The van der Waals surface area contributed by atoms with Crippen molar-refractivity contribution in [2.45, 2.75) is 0 Å². The van der Waals surface area contributed by atoms with Crippen molar-refractivity contribution in [2.24, 2.45) is 0 Å². The number of rotatable bonds is 3. The molecule has 6 heteroatoms. The molecule has 78 valence electrons. The van der Waals surface area contributed by atoms with E-state index in [1.807, 2.05) is 0 Å². The zero-order valence-electron chi connectivity index (χ0n) is 7.90. The number of piperazine rings is 1. The Kier molecular flexibility index (Phi) is 3.55. The molecule has 0 aliphatic carbocycles. The van der Waals surface area contributed by atoms with E-state index in [0.29, 0.717) is 0 Å². The molecular weight excluding hydrogens is 220 g/mol. The predicted molar refractivity (Wildman–Crippen MR) is 59.3 cm³/mol. The molecular formula is C8H13ClN4S. The van der Waals surface area contributed by atoms with E-state index in [-0.39, 0.29) is 0 Å². The molecule has 1 fully saturated rings. The fraction of sp³-hybridized carbons (Fsp3) is 0.750. The molecule has 0 aromatic carbocycles. The highest BCUT2D eigenvalue weighted by molar-refractivity contribution is 7.13. The van der Waals surface area contributed by atoms with Gasteiger partial charge in [-0.15, -0.1) is 21.8 Å². The lowest BCUT2D eigenvalue weighted by atomic mass is 10.3. The summed E-state index contributed by atoms with van der Waals surface area (Å²) in [4.78, 5) is 4.66.